The van der Waals surface area contributed by atoms with E-state index in [0.717, 1.165) is 19.3 Å². The standard InChI is InChI=1S/C17H19NO3/c1-10-6-7-14-15(8-10)17(21)18(16(14)20)13-5-3-4-12(9-13)11(2)19/h3-5,9-10,14-15H,6-8H2,1-2H3/t10-,14+,15+/m0/s1. The van der Waals surface area contributed by atoms with Gasteiger partial charge in [-0.1, -0.05) is 19.1 Å². The highest BCUT2D eigenvalue weighted by Crippen LogP contribution is 2.42. The maximum absolute atomic E-state index is 12.6. The molecule has 110 valence electrons. The molecule has 1 saturated carbocycles. The summed E-state index contributed by atoms with van der Waals surface area (Å²) in [6, 6.07) is 6.78. The molecule has 0 N–H and O–H groups in total. The van der Waals surface area contributed by atoms with Crippen molar-refractivity contribution >= 4 is 23.3 Å². The van der Waals surface area contributed by atoms with E-state index < -0.39 is 0 Å². The van der Waals surface area contributed by atoms with Gasteiger partial charge in [-0.05, 0) is 44.2 Å². The van der Waals surface area contributed by atoms with Crippen molar-refractivity contribution in [3.63, 3.8) is 0 Å². The van der Waals surface area contributed by atoms with E-state index in [0.29, 0.717) is 17.2 Å². The zero-order valence-electron chi connectivity index (χ0n) is 12.3. The highest BCUT2D eigenvalue weighted by molar-refractivity contribution is 6.22. The average molecular weight is 285 g/mol. The third kappa shape index (κ3) is 2.28. The van der Waals surface area contributed by atoms with E-state index in [9.17, 15) is 14.4 Å². The van der Waals surface area contributed by atoms with Crippen molar-refractivity contribution in [2.75, 3.05) is 4.90 Å². The lowest BCUT2D eigenvalue weighted by molar-refractivity contribution is -0.122. The van der Waals surface area contributed by atoms with Gasteiger partial charge in [0, 0.05) is 5.56 Å². The fraction of sp³-hybridized carbons (Fsp3) is 0.471. The number of anilines is 1. The summed E-state index contributed by atoms with van der Waals surface area (Å²) in [6.07, 6.45) is 2.58. The Bertz CT molecular complexity index is 622. The molecule has 3 rings (SSSR count). The van der Waals surface area contributed by atoms with Crippen LogP contribution in [0.25, 0.3) is 0 Å². The number of rotatable bonds is 2. The summed E-state index contributed by atoms with van der Waals surface area (Å²) in [5.41, 5.74) is 1.05. The quantitative estimate of drug-likeness (QED) is 0.620. The first-order chi connectivity index (χ1) is 9.99. The second-order valence-corrected chi connectivity index (χ2v) is 6.25. The lowest BCUT2D eigenvalue weighted by Crippen LogP contribution is -2.31. The Kier molecular flexibility index (Phi) is 3.40. The Morgan fingerprint density at radius 2 is 1.86 bits per heavy atom. The van der Waals surface area contributed by atoms with Crippen LogP contribution in [0.5, 0.6) is 0 Å². The van der Waals surface area contributed by atoms with Gasteiger partial charge in [0.2, 0.25) is 11.8 Å². The van der Waals surface area contributed by atoms with Crippen LogP contribution in [0.3, 0.4) is 0 Å². The first-order valence-electron chi connectivity index (χ1n) is 7.48. The Morgan fingerprint density at radius 3 is 2.57 bits per heavy atom. The molecular formula is C17H19NO3. The number of hydrogen-bond donors (Lipinski definition) is 0. The lowest BCUT2D eigenvalue weighted by atomic mass is 9.76. The van der Waals surface area contributed by atoms with Gasteiger partial charge >= 0.3 is 0 Å². The molecule has 4 heteroatoms. The molecule has 0 unspecified atom stereocenters. The van der Waals surface area contributed by atoms with Gasteiger partial charge in [-0.2, -0.15) is 0 Å². The van der Waals surface area contributed by atoms with Gasteiger partial charge in [-0.25, -0.2) is 0 Å². The molecule has 1 aliphatic carbocycles. The minimum atomic E-state index is -0.178. The van der Waals surface area contributed by atoms with Gasteiger partial charge in [0.15, 0.2) is 5.78 Å². The van der Waals surface area contributed by atoms with E-state index in [2.05, 4.69) is 6.92 Å². The Morgan fingerprint density at radius 1 is 1.14 bits per heavy atom. The SMILES string of the molecule is CC(=O)c1cccc(N2C(=O)[C@@H]3CC[C@H](C)C[C@H]3C2=O)c1. The number of Topliss-reactive ketones (excluding diaryl/α,β-unsaturated/α-hetero) is 1. The van der Waals surface area contributed by atoms with Crippen LogP contribution in [0.15, 0.2) is 24.3 Å². The molecule has 2 amide bonds. The van der Waals surface area contributed by atoms with Crippen LogP contribution in [0.4, 0.5) is 5.69 Å². The van der Waals surface area contributed by atoms with Crippen molar-refractivity contribution in [1.29, 1.82) is 0 Å². The van der Waals surface area contributed by atoms with Gasteiger partial charge in [0.25, 0.3) is 0 Å². The van der Waals surface area contributed by atoms with E-state index in [1.165, 1.54) is 11.8 Å². The minimum Gasteiger partial charge on any atom is -0.295 e. The number of amides is 2. The number of carbonyl (C=O) groups is 3. The van der Waals surface area contributed by atoms with Crippen LogP contribution in [0, 0.1) is 17.8 Å². The summed E-state index contributed by atoms with van der Waals surface area (Å²) in [5.74, 6) is -0.125. The summed E-state index contributed by atoms with van der Waals surface area (Å²) < 4.78 is 0. The third-order valence-electron chi connectivity index (χ3n) is 4.70. The van der Waals surface area contributed by atoms with Crippen LogP contribution in [0.2, 0.25) is 0 Å². The molecule has 21 heavy (non-hydrogen) atoms. The number of ketones is 1. The van der Waals surface area contributed by atoms with E-state index in [1.807, 2.05) is 0 Å². The monoisotopic (exact) mass is 285 g/mol. The van der Waals surface area contributed by atoms with Gasteiger partial charge in [-0.3, -0.25) is 19.3 Å². The van der Waals surface area contributed by atoms with Gasteiger partial charge in [-0.15, -0.1) is 0 Å². The fourth-order valence-corrected chi connectivity index (χ4v) is 3.51. The molecule has 3 atom stereocenters. The van der Waals surface area contributed by atoms with Crippen LogP contribution < -0.4 is 4.90 Å². The van der Waals surface area contributed by atoms with Crippen molar-refractivity contribution in [2.45, 2.75) is 33.1 Å². The van der Waals surface area contributed by atoms with Gasteiger partial charge < -0.3 is 0 Å². The predicted molar refractivity (Wildman–Crippen MR) is 78.9 cm³/mol. The number of benzene rings is 1. The summed E-state index contributed by atoms with van der Waals surface area (Å²) in [6.45, 7) is 3.61. The van der Waals surface area contributed by atoms with Crippen LogP contribution in [0.1, 0.15) is 43.5 Å². The molecule has 1 aromatic carbocycles. The molecule has 1 heterocycles. The van der Waals surface area contributed by atoms with E-state index in [1.54, 1.807) is 24.3 Å². The second-order valence-electron chi connectivity index (χ2n) is 6.25. The van der Waals surface area contributed by atoms with Gasteiger partial charge in [0.05, 0.1) is 17.5 Å². The molecule has 0 spiro atoms. The Balaban J connectivity index is 1.95. The molecule has 1 saturated heterocycles. The van der Waals surface area contributed by atoms with Crippen molar-refractivity contribution in [3.8, 4) is 0 Å². The fourth-order valence-electron chi connectivity index (χ4n) is 3.51. The van der Waals surface area contributed by atoms with Crippen LogP contribution in [-0.2, 0) is 9.59 Å². The molecule has 0 radical (unpaired) electrons. The van der Waals surface area contributed by atoms with Crippen LogP contribution >= 0.6 is 0 Å². The zero-order chi connectivity index (χ0) is 15.1. The average Bonchev–Trinajstić information content (AvgIpc) is 2.70. The first-order valence-corrected chi connectivity index (χ1v) is 7.48. The molecule has 0 aromatic heterocycles. The second kappa shape index (κ2) is 5.10. The van der Waals surface area contributed by atoms with Crippen molar-refractivity contribution in [2.24, 2.45) is 17.8 Å². The number of nitrogens with zero attached hydrogens (tertiary/aromatic N) is 1. The number of fused-ring (bicyclic) bond motifs is 1. The first kappa shape index (κ1) is 14.0. The van der Waals surface area contributed by atoms with E-state index >= 15 is 0 Å². The maximum Gasteiger partial charge on any atom is 0.237 e. The largest absolute Gasteiger partial charge is 0.295 e. The Labute approximate surface area is 124 Å². The summed E-state index contributed by atoms with van der Waals surface area (Å²) in [4.78, 5) is 37.9. The number of hydrogen-bond acceptors (Lipinski definition) is 3. The maximum atomic E-state index is 12.6. The number of imide groups is 1. The highest BCUT2D eigenvalue weighted by Gasteiger charge is 2.49. The van der Waals surface area contributed by atoms with Crippen LogP contribution in [-0.4, -0.2) is 17.6 Å². The lowest BCUT2D eigenvalue weighted by Gasteiger charge is -2.25. The van der Waals surface area contributed by atoms with E-state index in [-0.39, 0.29) is 29.4 Å². The Hall–Kier alpha value is -1.97. The van der Waals surface area contributed by atoms with E-state index in [4.69, 9.17) is 0 Å². The molecule has 4 nitrogen and oxygen atoms in total. The van der Waals surface area contributed by atoms with Crippen molar-refractivity contribution in [3.05, 3.63) is 29.8 Å². The van der Waals surface area contributed by atoms with Crippen molar-refractivity contribution in [1.82, 2.24) is 0 Å². The molecule has 1 aliphatic heterocycles. The molecule has 1 aromatic rings. The normalized spacial score (nSPS) is 28.7. The smallest absolute Gasteiger partial charge is 0.237 e. The molecule has 2 fully saturated rings. The number of carbonyl (C=O) groups excluding carboxylic acids is 3. The predicted octanol–water partition coefficient (Wildman–Crippen LogP) is 2.81. The molecule has 2 aliphatic rings. The summed E-state index contributed by atoms with van der Waals surface area (Å²) >= 11 is 0. The molecule has 0 bridgehead atoms. The molecular weight excluding hydrogens is 266 g/mol. The zero-order valence-corrected chi connectivity index (χ0v) is 12.3. The summed E-state index contributed by atoms with van der Waals surface area (Å²) in [7, 11) is 0. The van der Waals surface area contributed by atoms with Crippen molar-refractivity contribution < 1.29 is 14.4 Å². The summed E-state index contributed by atoms with van der Waals surface area (Å²) in [5, 5.41) is 0. The topological polar surface area (TPSA) is 54.5 Å². The highest BCUT2D eigenvalue weighted by atomic mass is 16.2. The third-order valence-corrected chi connectivity index (χ3v) is 4.70. The minimum absolute atomic E-state index is 0.0676. The van der Waals surface area contributed by atoms with Gasteiger partial charge in [0.1, 0.15) is 0 Å².